The second-order valence-electron chi connectivity index (χ2n) is 6.37. The van der Waals surface area contributed by atoms with Gasteiger partial charge in [-0.25, -0.2) is 0 Å². The summed E-state index contributed by atoms with van der Waals surface area (Å²) in [5, 5.41) is 0. The Labute approximate surface area is 143 Å². The Morgan fingerprint density at radius 1 is 1.04 bits per heavy atom. The highest BCUT2D eigenvalue weighted by atomic mass is 19.4. The quantitative estimate of drug-likeness (QED) is 0.722. The molecule has 0 saturated heterocycles. The molecule has 0 aliphatic heterocycles. The summed E-state index contributed by atoms with van der Waals surface area (Å²) in [5.74, 6) is -2.23. The lowest BCUT2D eigenvalue weighted by Gasteiger charge is -2.29. The Morgan fingerprint density at radius 3 is 2.40 bits per heavy atom. The summed E-state index contributed by atoms with van der Waals surface area (Å²) in [4.78, 5) is 25.5. The molecular weight excluding hydrogens is 329 g/mol. The summed E-state index contributed by atoms with van der Waals surface area (Å²) in [6, 6.07) is 9.97. The third-order valence-electron chi connectivity index (χ3n) is 4.69. The van der Waals surface area contributed by atoms with Crippen molar-refractivity contribution in [3.8, 4) is 0 Å². The number of ketones is 2. The molecule has 1 aliphatic carbocycles. The van der Waals surface area contributed by atoms with Crippen molar-refractivity contribution in [2.75, 3.05) is 0 Å². The Kier molecular flexibility index (Phi) is 4.27. The molecular formula is C20H17F3O2. The van der Waals surface area contributed by atoms with Gasteiger partial charge in [0.05, 0.1) is 17.4 Å². The lowest BCUT2D eigenvalue weighted by atomic mass is 9.71. The van der Waals surface area contributed by atoms with Crippen LogP contribution in [0.15, 0.2) is 42.5 Å². The standard InChI is InChI=1S/C20H17F3O2/c1-3-14-18(24)16-9-11(2)7-8-15(16)17(19(14)25)12-5-4-6-13(10-12)20(21,22)23/h4-10,14,17H,3H2,1-2H3. The zero-order chi connectivity index (χ0) is 18.4. The molecule has 1 aliphatic rings. The number of Topliss-reactive ketones (excluding diaryl/α,β-unsaturated/α-hetero) is 2. The number of alkyl halides is 3. The molecule has 0 radical (unpaired) electrons. The number of benzene rings is 2. The lowest BCUT2D eigenvalue weighted by Crippen LogP contribution is -2.35. The number of carbonyl (C=O) groups is 2. The van der Waals surface area contributed by atoms with E-state index < -0.39 is 23.6 Å². The van der Waals surface area contributed by atoms with Crippen LogP contribution in [0.2, 0.25) is 0 Å². The fourth-order valence-corrected chi connectivity index (χ4v) is 3.43. The molecule has 2 unspecified atom stereocenters. The monoisotopic (exact) mass is 346 g/mol. The van der Waals surface area contributed by atoms with Gasteiger partial charge in [-0.2, -0.15) is 13.2 Å². The van der Waals surface area contributed by atoms with E-state index in [-0.39, 0.29) is 17.1 Å². The summed E-state index contributed by atoms with van der Waals surface area (Å²) in [7, 11) is 0. The molecule has 0 heterocycles. The molecule has 0 fully saturated rings. The predicted octanol–water partition coefficient (Wildman–Crippen LogP) is 4.94. The van der Waals surface area contributed by atoms with E-state index in [0.717, 1.165) is 17.7 Å². The Morgan fingerprint density at radius 2 is 1.76 bits per heavy atom. The Bertz CT molecular complexity index is 852. The van der Waals surface area contributed by atoms with Gasteiger partial charge >= 0.3 is 6.18 Å². The van der Waals surface area contributed by atoms with Crippen LogP contribution >= 0.6 is 0 Å². The molecule has 2 nitrogen and oxygen atoms in total. The molecule has 2 atom stereocenters. The summed E-state index contributed by atoms with van der Waals surface area (Å²) in [5.41, 5.74) is 1.28. The molecule has 2 aromatic rings. The van der Waals surface area contributed by atoms with Gasteiger partial charge in [0.2, 0.25) is 0 Å². The molecule has 0 N–H and O–H groups in total. The van der Waals surface area contributed by atoms with Crippen LogP contribution in [0, 0.1) is 12.8 Å². The topological polar surface area (TPSA) is 34.1 Å². The summed E-state index contributed by atoms with van der Waals surface area (Å²) in [6.45, 7) is 3.58. The van der Waals surface area contributed by atoms with Crippen molar-refractivity contribution >= 4 is 11.6 Å². The van der Waals surface area contributed by atoms with E-state index in [1.165, 1.54) is 12.1 Å². The third kappa shape index (κ3) is 2.99. The van der Waals surface area contributed by atoms with Crippen LogP contribution in [-0.4, -0.2) is 11.6 Å². The van der Waals surface area contributed by atoms with Gasteiger partial charge in [-0.05, 0) is 36.6 Å². The largest absolute Gasteiger partial charge is 0.416 e. The normalized spacial score (nSPS) is 20.5. The van der Waals surface area contributed by atoms with E-state index in [4.69, 9.17) is 0 Å². The summed E-state index contributed by atoms with van der Waals surface area (Å²) >= 11 is 0. The minimum Gasteiger partial charge on any atom is -0.298 e. The van der Waals surface area contributed by atoms with Gasteiger partial charge in [0.15, 0.2) is 11.6 Å². The number of hydrogen-bond acceptors (Lipinski definition) is 2. The molecule has 0 aromatic heterocycles. The zero-order valence-electron chi connectivity index (χ0n) is 13.9. The maximum Gasteiger partial charge on any atom is 0.416 e. The number of rotatable bonds is 2. The van der Waals surface area contributed by atoms with Gasteiger partial charge < -0.3 is 0 Å². The van der Waals surface area contributed by atoms with E-state index in [1.807, 2.05) is 6.92 Å². The Balaban J connectivity index is 2.20. The highest BCUT2D eigenvalue weighted by molar-refractivity contribution is 6.17. The SMILES string of the molecule is CCC1C(=O)c2cc(C)ccc2C(c2cccc(C(F)(F)F)c2)C1=O. The van der Waals surface area contributed by atoms with Crippen molar-refractivity contribution in [1.82, 2.24) is 0 Å². The van der Waals surface area contributed by atoms with Crippen molar-refractivity contribution < 1.29 is 22.8 Å². The fourth-order valence-electron chi connectivity index (χ4n) is 3.43. The van der Waals surface area contributed by atoms with E-state index in [0.29, 0.717) is 17.5 Å². The number of carbonyl (C=O) groups excluding carboxylic acids is 2. The van der Waals surface area contributed by atoms with Gasteiger partial charge in [0.1, 0.15) is 0 Å². The molecule has 3 rings (SSSR count). The van der Waals surface area contributed by atoms with Gasteiger partial charge in [0, 0.05) is 5.56 Å². The number of fused-ring (bicyclic) bond motifs is 1. The van der Waals surface area contributed by atoms with Crippen LogP contribution in [0.25, 0.3) is 0 Å². The van der Waals surface area contributed by atoms with Gasteiger partial charge in [-0.15, -0.1) is 0 Å². The maximum absolute atomic E-state index is 13.0. The minimum absolute atomic E-state index is 0.241. The third-order valence-corrected chi connectivity index (χ3v) is 4.69. The highest BCUT2D eigenvalue weighted by Gasteiger charge is 2.41. The molecule has 25 heavy (non-hydrogen) atoms. The molecule has 5 heteroatoms. The second-order valence-corrected chi connectivity index (χ2v) is 6.37. The van der Waals surface area contributed by atoms with Crippen LogP contribution < -0.4 is 0 Å². The first-order valence-electron chi connectivity index (χ1n) is 8.09. The molecule has 130 valence electrons. The number of aryl methyl sites for hydroxylation is 1. The molecule has 0 spiro atoms. The van der Waals surface area contributed by atoms with Crippen LogP contribution in [0.4, 0.5) is 13.2 Å². The first-order valence-corrected chi connectivity index (χ1v) is 8.09. The molecule has 0 saturated carbocycles. The summed E-state index contributed by atoms with van der Waals surface area (Å²) in [6.07, 6.45) is -4.15. The van der Waals surface area contributed by atoms with E-state index in [9.17, 15) is 22.8 Å². The summed E-state index contributed by atoms with van der Waals surface area (Å²) < 4.78 is 39.1. The highest BCUT2D eigenvalue weighted by Crippen LogP contribution is 2.40. The van der Waals surface area contributed by atoms with E-state index in [2.05, 4.69) is 0 Å². The lowest BCUT2D eigenvalue weighted by molar-refractivity contribution is -0.137. The average molecular weight is 346 g/mol. The van der Waals surface area contributed by atoms with Crippen LogP contribution in [0.3, 0.4) is 0 Å². The fraction of sp³-hybridized carbons (Fsp3) is 0.300. The van der Waals surface area contributed by atoms with Crippen molar-refractivity contribution in [2.24, 2.45) is 5.92 Å². The number of halogens is 3. The van der Waals surface area contributed by atoms with Crippen molar-refractivity contribution in [3.05, 3.63) is 70.3 Å². The van der Waals surface area contributed by atoms with Gasteiger partial charge in [-0.1, -0.05) is 42.8 Å². The Hall–Kier alpha value is -2.43. The van der Waals surface area contributed by atoms with Crippen molar-refractivity contribution in [3.63, 3.8) is 0 Å². The van der Waals surface area contributed by atoms with Crippen molar-refractivity contribution in [1.29, 1.82) is 0 Å². The maximum atomic E-state index is 13.0. The smallest absolute Gasteiger partial charge is 0.298 e. The predicted molar refractivity (Wildman–Crippen MR) is 87.6 cm³/mol. The van der Waals surface area contributed by atoms with Crippen LogP contribution in [0.1, 0.15) is 51.9 Å². The van der Waals surface area contributed by atoms with Crippen LogP contribution in [-0.2, 0) is 11.0 Å². The number of hydrogen-bond donors (Lipinski definition) is 0. The minimum atomic E-state index is -4.48. The zero-order valence-corrected chi connectivity index (χ0v) is 13.9. The van der Waals surface area contributed by atoms with Crippen LogP contribution in [0.5, 0.6) is 0 Å². The first-order chi connectivity index (χ1) is 11.7. The average Bonchev–Trinajstić information content (AvgIpc) is 2.55. The van der Waals surface area contributed by atoms with Gasteiger partial charge in [-0.3, -0.25) is 9.59 Å². The molecule has 2 aromatic carbocycles. The molecule has 0 bridgehead atoms. The van der Waals surface area contributed by atoms with E-state index >= 15 is 0 Å². The van der Waals surface area contributed by atoms with Crippen molar-refractivity contribution in [2.45, 2.75) is 32.4 Å². The molecule has 0 amide bonds. The van der Waals surface area contributed by atoms with E-state index in [1.54, 1.807) is 25.1 Å². The first kappa shape index (κ1) is 17.4. The van der Waals surface area contributed by atoms with Gasteiger partial charge in [0.25, 0.3) is 0 Å². The second kappa shape index (κ2) is 6.14.